The van der Waals surface area contributed by atoms with Crippen LogP contribution < -0.4 is 5.73 Å². The molecule has 1 heterocycles. The first-order valence-corrected chi connectivity index (χ1v) is 7.89. The van der Waals surface area contributed by atoms with Crippen molar-refractivity contribution in [3.05, 3.63) is 24.0 Å². The van der Waals surface area contributed by atoms with Crippen molar-refractivity contribution in [2.75, 3.05) is 32.9 Å². The quantitative estimate of drug-likeness (QED) is 0.845. The van der Waals surface area contributed by atoms with Gasteiger partial charge in [0.25, 0.3) is 0 Å². The van der Waals surface area contributed by atoms with Gasteiger partial charge in [-0.05, 0) is 38.2 Å². The summed E-state index contributed by atoms with van der Waals surface area (Å²) in [6, 6.07) is 3.71. The maximum atomic E-state index is 13.2. The Morgan fingerprint density at radius 2 is 2.00 bits per heavy atom. The molecule has 1 fully saturated rings. The minimum absolute atomic E-state index is 0.0445. The second-order valence-electron chi connectivity index (χ2n) is 5.51. The highest BCUT2D eigenvalue weighted by Crippen LogP contribution is 2.27. The van der Waals surface area contributed by atoms with Crippen molar-refractivity contribution in [2.24, 2.45) is 5.92 Å². The number of hydrogen-bond donors (Lipinski definition) is 1. The number of rotatable bonds is 3. The monoisotopic (exact) mass is 301 g/mol. The van der Waals surface area contributed by atoms with Crippen LogP contribution in [0.1, 0.15) is 6.92 Å². The van der Waals surface area contributed by atoms with Crippen LogP contribution in [0.3, 0.4) is 0 Å². The maximum Gasteiger partial charge on any atom is 0.243 e. The van der Waals surface area contributed by atoms with Gasteiger partial charge >= 0.3 is 0 Å². The molecule has 1 aliphatic heterocycles. The van der Waals surface area contributed by atoms with Gasteiger partial charge in [0.2, 0.25) is 10.0 Å². The Morgan fingerprint density at radius 1 is 1.35 bits per heavy atom. The van der Waals surface area contributed by atoms with Gasteiger partial charge in [0.05, 0.1) is 10.6 Å². The Hall–Kier alpha value is -1.18. The first-order valence-electron chi connectivity index (χ1n) is 6.45. The molecule has 0 spiro atoms. The van der Waals surface area contributed by atoms with Gasteiger partial charge in [-0.15, -0.1) is 0 Å². The number of halogens is 1. The van der Waals surface area contributed by atoms with Crippen LogP contribution in [0.4, 0.5) is 10.1 Å². The summed E-state index contributed by atoms with van der Waals surface area (Å²) in [5.74, 6) is -0.359. The fourth-order valence-corrected chi connectivity index (χ4v) is 4.20. The van der Waals surface area contributed by atoms with E-state index in [0.29, 0.717) is 13.1 Å². The number of likely N-dealkylation sites (N-methyl/N-ethyl adjacent to an activating group) is 1. The molecule has 2 rings (SSSR count). The van der Waals surface area contributed by atoms with Crippen molar-refractivity contribution >= 4 is 15.7 Å². The highest BCUT2D eigenvalue weighted by atomic mass is 32.2. The molecule has 20 heavy (non-hydrogen) atoms. The van der Waals surface area contributed by atoms with Gasteiger partial charge in [-0.3, -0.25) is 0 Å². The summed E-state index contributed by atoms with van der Waals surface area (Å²) in [6.45, 7) is 2.93. The zero-order chi connectivity index (χ0) is 15.1. The average molecular weight is 301 g/mol. The molecule has 1 saturated heterocycles. The highest BCUT2D eigenvalue weighted by molar-refractivity contribution is 7.89. The van der Waals surface area contributed by atoms with Gasteiger partial charge in [-0.2, -0.15) is 4.31 Å². The predicted octanol–water partition coefficient (Wildman–Crippen LogP) is 0.979. The molecular formula is C13H20FN3O2S. The molecule has 2 unspecified atom stereocenters. The summed E-state index contributed by atoms with van der Waals surface area (Å²) in [4.78, 5) is 2.07. The van der Waals surface area contributed by atoms with Crippen LogP contribution in [0, 0.1) is 11.7 Å². The molecule has 112 valence electrons. The number of benzene rings is 1. The molecule has 0 aliphatic carbocycles. The summed E-state index contributed by atoms with van der Waals surface area (Å²) in [5.41, 5.74) is 5.30. The summed E-state index contributed by atoms with van der Waals surface area (Å²) in [6.07, 6.45) is 0. The predicted molar refractivity (Wildman–Crippen MR) is 76.2 cm³/mol. The molecule has 0 aromatic heterocycles. The smallest absolute Gasteiger partial charge is 0.243 e. The lowest BCUT2D eigenvalue weighted by atomic mass is 10.1. The summed E-state index contributed by atoms with van der Waals surface area (Å²) >= 11 is 0. The first-order chi connectivity index (χ1) is 9.23. The number of sulfonamides is 1. The summed E-state index contributed by atoms with van der Waals surface area (Å²) < 4.78 is 39.7. The maximum absolute atomic E-state index is 13.2. The van der Waals surface area contributed by atoms with Gasteiger partial charge in [0, 0.05) is 19.1 Å². The zero-order valence-electron chi connectivity index (χ0n) is 11.9. The topological polar surface area (TPSA) is 66.6 Å². The molecule has 0 amide bonds. The fourth-order valence-electron chi connectivity index (χ4n) is 2.61. The van der Waals surface area contributed by atoms with Crippen LogP contribution >= 0.6 is 0 Å². The van der Waals surface area contributed by atoms with Crippen LogP contribution in [0.5, 0.6) is 0 Å². The lowest BCUT2D eigenvalue weighted by Gasteiger charge is -2.22. The molecule has 5 nitrogen and oxygen atoms in total. The van der Waals surface area contributed by atoms with E-state index in [1.165, 1.54) is 16.4 Å². The van der Waals surface area contributed by atoms with E-state index in [0.717, 1.165) is 6.07 Å². The third-order valence-electron chi connectivity index (χ3n) is 3.81. The molecule has 1 aromatic carbocycles. The van der Waals surface area contributed by atoms with Crippen LogP contribution in [0.2, 0.25) is 0 Å². The van der Waals surface area contributed by atoms with Crippen molar-refractivity contribution in [1.82, 2.24) is 9.21 Å². The average Bonchev–Trinajstić information content (AvgIpc) is 2.75. The van der Waals surface area contributed by atoms with E-state index in [4.69, 9.17) is 5.73 Å². The van der Waals surface area contributed by atoms with Crippen molar-refractivity contribution in [1.29, 1.82) is 0 Å². The molecule has 1 aromatic rings. The molecular weight excluding hydrogens is 281 g/mol. The second kappa shape index (κ2) is 5.31. The van der Waals surface area contributed by atoms with E-state index in [1.54, 1.807) is 0 Å². The van der Waals surface area contributed by atoms with E-state index < -0.39 is 15.8 Å². The Morgan fingerprint density at radius 3 is 2.50 bits per heavy atom. The SMILES string of the molecule is CC1CN(S(=O)(=O)c2ccc(F)c(N)c2)CC1N(C)C. The van der Waals surface area contributed by atoms with Gasteiger partial charge in [0.1, 0.15) is 5.82 Å². The molecule has 0 bridgehead atoms. The molecule has 0 radical (unpaired) electrons. The molecule has 7 heteroatoms. The third kappa shape index (κ3) is 2.65. The fraction of sp³-hybridized carbons (Fsp3) is 0.538. The Bertz CT molecular complexity index is 604. The van der Waals surface area contributed by atoms with Gasteiger partial charge < -0.3 is 10.6 Å². The van der Waals surface area contributed by atoms with Crippen molar-refractivity contribution in [3.8, 4) is 0 Å². The summed E-state index contributed by atoms with van der Waals surface area (Å²) in [5, 5.41) is 0. The van der Waals surface area contributed by atoms with Crippen molar-refractivity contribution in [3.63, 3.8) is 0 Å². The first kappa shape index (κ1) is 15.2. The van der Waals surface area contributed by atoms with E-state index in [9.17, 15) is 12.8 Å². The van der Waals surface area contributed by atoms with E-state index in [1.807, 2.05) is 25.9 Å². The Balaban J connectivity index is 2.30. The van der Waals surface area contributed by atoms with Gasteiger partial charge in [-0.1, -0.05) is 6.92 Å². The Kier molecular flexibility index (Phi) is 4.04. The van der Waals surface area contributed by atoms with Gasteiger partial charge in [-0.25, -0.2) is 12.8 Å². The van der Waals surface area contributed by atoms with Crippen LogP contribution in [0.25, 0.3) is 0 Å². The Labute approximate surface area is 119 Å². The number of nitrogens with two attached hydrogens (primary N) is 1. The lowest BCUT2D eigenvalue weighted by molar-refractivity contribution is 0.263. The van der Waals surface area contributed by atoms with E-state index >= 15 is 0 Å². The van der Waals surface area contributed by atoms with Crippen LogP contribution in [-0.2, 0) is 10.0 Å². The van der Waals surface area contributed by atoms with Crippen LogP contribution in [0.15, 0.2) is 23.1 Å². The standard InChI is InChI=1S/C13H20FN3O2S/c1-9-7-17(8-13(9)16(2)3)20(18,19)10-4-5-11(14)12(15)6-10/h4-6,9,13H,7-8,15H2,1-3H3. The lowest BCUT2D eigenvalue weighted by Crippen LogP contribution is -2.35. The van der Waals surface area contributed by atoms with Gasteiger partial charge in [0.15, 0.2) is 0 Å². The molecule has 2 N–H and O–H groups in total. The number of anilines is 1. The van der Waals surface area contributed by atoms with E-state index in [-0.39, 0.29) is 22.5 Å². The van der Waals surface area contributed by atoms with Crippen molar-refractivity contribution in [2.45, 2.75) is 17.9 Å². The minimum Gasteiger partial charge on any atom is -0.396 e. The third-order valence-corrected chi connectivity index (χ3v) is 5.64. The normalized spacial score (nSPS) is 24.4. The highest BCUT2D eigenvalue weighted by Gasteiger charge is 2.38. The number of nitrogens with zero attached hydrogens (tertiary/aromatic N) is 2. The second-order valence-corrected chi connectivity index (χ2v) is 7.45. The zero-order valence-corrected chi connectivity index (χ0v) is 12.7. The summed E-state index contributed by atoms with van der Waals surface area (Å²) in [7, 11) is 0.258. The minimum atomic E-state index is -3.62. The largest absolute Gasteiger partial charge is 0.396 e. The molecule has 2 atom stereocenters. The van der Waals surface area contributed by atoms with Crippen LogP contribution in [-0.4, -0.2) is 50.8 Å². The van der Waals surface area contributed by atoms with Crippen molar-refractivity contribution < 1.29 is 12.8 Å². The molecule has 1 aliphatic rings. The number of nitrogen functional groups attached to an aromatic ring is 1. The number of hydrogen-bond acceptors (Lipinski definition) is 4. The van der Waals surface area contributed by atoms with E-state index in [2.05, 4.69) is 0 Å². The molecule has 0 saturated carbocycles.